The number of hydrogen-bond donors (Lipinski definition) is 2. The van der Waals surface area contributed by atoms with Crippen LogP contribution in [0.5, 0.6) is 0 Å². The molecule has 0 bridgehead atoms. The van der Waals surface area contributed by atoms with Crippen molar-refractivity contribution in [3.8, 4) is 0 Å². The Morgan fingerprint density at radius 2 is 2.06 bits per heavy atom. The number of rotatable bonds is 3. The van der Waals surface area contributed by atoms with Crippen molar-refractivity contribution in [2.24, 2.45) is 0 Å². The molecule has 16 heavy (non-hydrogen) atoms. The molecular weight excluding hydrogens is 224 g/mol. The van der Waals surface area contributed by atoms with Gasteiger partial charge in [-0.15, -0.1) is 0 Å². The van der Waals surface area contributed by atoms with Crippen LogP contribution in [0.3, 0.4) is 0 Å². The summed E-state index contributed by atoms with van der Waals surface area (Å²) < 4.78 is 0. The molecule has 1 aromatic heterocycles. The molecule has 4 heteroatoms. The van der Waals surface area contributed by atoms with Crippen molar-refractivity contribution < 1.29 is 5.11 Å². The number of hydrogen-bond acceptors (Lipinski definition) is 3. The van der Waals surface area contributed by atoms with Crippen LogP contribution in [-0.2, 0) is 0 Å². The first-order chi connectivity index (χ1) is 7.68. The molecule has 0 unspecified atom stereocenters. The summed E-state index contributed by atoms with van der Waals surface area (Å²) in [5, 5.41) is 14.1. The monoisotopic (exact) mass is 240 g/mol. The molecule has 0 atom stereocenters. The lowest BCUT2D eigenvalue weighted by molar-refractivity contribution is 0.0166. The largest absolute Gasteiger partial charge is 0.388 e. The van der Waals surface area contributed by atoms with E-state index in [-0.39, 0.29) is 0 Å². The van der Waals surface area contributed by atoms with Crippen molar-refractivity contribution >= 4 is 17.4 Å². The van der Waals surface area contributed by atoms with Gasteiger partial charge >= 0.3 is 0 Å². The fourth-order valence-corrected chi connectivity index (χ4v) is 2.23. The first kappa shape index (κ1) is 11.7. The maximum Gasteiger partial charge on any atom is 0.126 e. The van der Waals surface area contributed by atoms with Crippen molar-refractivity contribution in [2.45, 2.75) is 37.7 Å². The quantitative estimate of drug-likeness (QED) is 0.854. The molecule has 1 aromatic rings. The second-order valence-corrected chi connectivity index (χ2v) is 4.94. The van der Waals surface area contributed by atoms with Gasteiger partial charge in [0.25, 0.3) is 0 Å². The van der Waals surface area contributed by atoms with Crippen molar-refractivity contribution in [3.63, 3.8) is 0 Å². The predicted octanol–water partition coefficient (Wildman–Crippen LogP) is 2.84. The summed E-state index contributed by atoms with van der Waals surface area (Å²) >= 11 is 5.75. The third kappa shape index (κ3) is 3.09. The van der Waals surface area contributed by atoms with E-state index in [0.29, 0.717) is 11.6 Å². The number of nitrogens with one attached hydrogen (secondary N) is 1. The van der Waals surface area contributed by atoms with Gasteiger partial charge in [0.05, 0.1) is 10.6 Å². The smallest absolute Gasteiger partial charge is 0.126 e. The highest BCUT2D eigenvalue weighted by atomic mass is 35.5. The van der Waals surface area contributed by atoms with Crippen LogP contribution in [0.2, 0.25) is 5.02 Å². The van der Waals surface area contributed by atoms with Gasteiger partial charge in [-0.05, 0) is 25.0 Å². The molecule has 2 N–H and O–H groups in total. The summed E-state index contributed by atoms with van der Waals surface area (Å²) in [5.74, 6) is 0.767. The molecule has 0 radical (unpaired) electrons. The van der Waals surface area contributed by atoms with E-state index in [1.165, 1.54) is 6.42 Å². The van der Waals surface area contributed by atoms with Crippen LogP contribution in [0.25, 0.3) is 0 Å². The number of nitrogens with zero attached hydrogens (tertiary/aromatic N) is 1. The first-order valence-corrected chi connectivity index (χ1v) is 6.14. The highest BCUT2D eigenvalue weighted by Gasteiger charge is 2.28. The van der Waals surface area contributed by atoms with E-state index < -0.39 is 5.60 Å². The molecule has 1 heterocycles. The Morgan fingerprint density at radius 3 is 2.69 bits per heavy atom. The number of halogens is 1. The minimum Gasteiger partial charge on any atom is -0.388 e. The van der Waals surface area contributed by atoms with Gasteiger partial charge in [-0.1, -0.05) is 30.9 Å². The van der Waals surface area contributed by atoms with Gasteiger partial charge < -0.3 is 10.4 Å². The summed E-state index contributed by atoms with van der Waals surface area (Å²) in [4.78, 5) is 4.14. The lowest BCUT2D eigenvalue weighted by atomic mass is 9.85. The number of anilines is 1. The summed E-state index contributed by atoms with van der Waals surface area (Å²) in [6, 6.07) is 3.62. The van der Waals surface area contributed by atoms with Crippen LogP contribution < -0.4 is 5.32 Å². The summed E-state index contributed by atoms with van der Waals surface area (Å²) in [5.41, 5.74) is -0.556. The minimum atomic E-state index is -0.556. The average Bonchev–Trinajstić information content (AvgIpc) is 2.29. The van der Waals surface area contributed by atoms with E-state index in [2.05, 4.69) is 10.3 Å². The van der Waals surface area contributed by atoms with Crippen molar-refractivity contribution in [2.75, 3.05) is 11.9 Å². The van der Waals surface area contributed by atoms with Crippen molar-refractivity contribution in [1.29, 1.82) is 0 Å². The zero-order chi connectivity index (χ0) is 11.4. The molecule has 1 fully saturated rings. The fourth-order valence-electron chi connectivity index (χ4n) is 2.12. The second kappa shape index (κ2) is 5.02. The van der Waals surface area contributed by atoms with E-state index >= 15 is 0 Å². The Labute approximate surface area is 101 Å². The van der Waals surface area contributed by atoms with Crippen LogP contribution in [0.15, 0.2) is 18.3 Å². The summed E-state index contributed by atoms with van der Waals surface area (Å²) in [6.07, 6.45) is 6.84. The predicted molar refractivity (Wildman–Crippen MR) is 65.8 cm³/mol. The minimum absolute atomic E-state index is 0.556. The third-order valence-corrected chi connectivity index (χ3v) is 3.33. The zero-order valence-electron chi connectivity index (χ0n) is 9.25. The average molecular weight is 241 g/mol. The molecule has 0 aliphatic heterocycles. The Balaban J connectivity index is 1.88. The van der Waals surface area contributed by atoms with Crippen LogP contribution in [0.1, 0.15) is 32.1 Å². The lowest BCUT2D eigenvalue weighted by Crippen LogP contribution is -2.38. The lowest BCUT2D eigenvalue weighted by Gasteiger charge is -2.32. The maximum absolute atomic E-state index is 10.3. The molecule has 1 aliphatic rings. The Kier molecular flexibility index (Phi) is 3.66. The van der Waals surface area contributed by atoms with Gasteiger partial charge in [0.1, 0.15) is 5.82 Å². The standard InChI is InChI=1S/C12H17ClN2O/c13-10-4-5-11(14-8-10)15-9-12(16)6-2-1-3-7-12/h4-5,8,16H,1-3,6-7,9H2,(H,14,15). The topological polar surface area (TPSA) is 45.1 Å². The van der Waals surface area contributed by atoms with Gasteiger partial charge in [-0.3, -0.25) is 0 Å². The van der Waals surface area contributed by atoms with E-state index in [1.807, 2.05) is 6.07 Å². The molecule has 1 aliphatic carbocycles. The molecule has 88 valence electrons. The molecule has 0 amide bonds. The maximum atomic E-state index is 10.3. The first-order valence-electron chi connectivity index (χ1n) is 5.76. The Hall–Kier alpha value is -0.800. The van der Waals surface area contributed by atoms with Gasteiger partial charge in [0, 0.05) is 12.7 Å². The molecular formula is C12H17ClN2O. The Bertz CT molecular complexity index is 333. The van der Waals surface area contributed by atoms with Gasteiger partial charge in [0.2, 0.25) is 0 Å². The van der Waals surface area contributed by atoms with E-state index in [4.69, 9.17) is 11.6 Å². The zero-order valence-corrected chi connectivity index (χ0v) is 10.0. The van der Waals surface area contributed by atoms with E-state index in [0.717, 1.165) is 31.5 Å². The molecule has 2 rings (SSSR count). The summed E-state index contributed by atoms with van der Waals surface area (Å²) in [7, 11) is 0. The van der Waals surface area contributed by atoms with Crippen molar-refractivity contribution in [1.82, 2.24) is 4.98 Å². The van der Waals surface area contributed by atoms with Crippen LogP contribution in [0.4, 0.5) is 5.82 Å². The number of aromatic nitrogens is 1. The molecule has 0 saturated heterocycles. The van der Waals surface area contributed by atoms with Gasteiger partial charge in [-0.25, -0.2) is 4.98 Å². The Morgan fingerprint density at radius 1 is 1.31 bits per heavy atom. The van der Waals surface area contributed by atoms with Gasteiger partial charge in [-0.2, -0.15) is 0 Å². The van der Waals surface area contributed by atoms with Crippen LogP contribution in [0, 0.1) is 0 Å². The molecule has 0 aromatic carbocycles. The molecule has 1 saturated carbocycles. The molecule has 0 spiro atoms. The highest BCUT2D eigenvalue weighted by molar-refractivity contribution is 6.30. The fraction of sp³-hybridized carbons (Fsp3) is 0.583. The summed E-state index contributed by atoms with van der Waals surface area (Å²) in [6.45, 7) is 0.571. The van der Waals surface area contributed by atoms with Crippen molar-refractivity contribution in [3.05, 3.63) is 23.4 Å². The second-order valence-electron chi connectivity index (χ2n) is 4.50. The van der Waals surface area contributed by atoms with Gasteiger partial charge in [0.15, 0.2) is 0 Å². The highest BCUT2D eigenvalue weighted by Crippen LogP contribution is 2.28. The number of aliphatic hydroxyl groups is 1. The van der Waals surface area contributed by atoms with E-state index in [9.17, 15) is 5.11 Å². The van der Waals surface area contributed by atoms with Crippen LogP contribution in [-0.4, -0.2) is 22.2 Å². The molecule has 3 nitrogen and oxygen atoms in total. The SMILES string of the molecule is OC1(CNc2ccc(Cl)cn2)CCCCC1. The third-order valence-electron chi connectivity index (χ3n) is 3.11. The number of pyridine rings is 1. The van der Waals surface area contributed by atoms with E-state index in [1.54, 1.807) is 12.3 Å². The van der Waals surface area contributed by atoms with Crippen LogP contribution >= 0.6 is 11.6 Å². The normalized spacial score (nSPS) is 19.4.